The van der Waals surface area contributed by atoms with Crippen molar-refractivity contribution in [1.82, 2.24) is 0 Å². The number of allylic oxidation sites excluding steroid dienone is 2. The Hall–Kier alpha value is -2.82. The van der Waals surface area contributed by atoms with Gasteiger partial charge in [-0.25, -0.2) is 9.59 Å². The second-order valence-corrected chi connectivity index (χ2v) is 5.85. The molecule has 1 heterocycles. The summed E-state index contributed by atoms with van der Waals surface area (Å²) in [6.45, 7) is 1.75. The molecule has 0 amide bonds. The fraction of sp³-hybridized carbons (Fsp3) is 0.222. The van der Waals surface area contributed by atoms with E-state index in [0.29, 0.717) is 35.0 Å². The highest BCUT2D eigenvalue weighted by atomic mass is 16.6. The molecular weight excluding hydrogens is 296 g/mol. The summed E-state index contributed by atoms with van der Waals surface area (Å²) in [6, 6.07) is 3.45. The monoisotopic (exact) mass is 308 g/mol. The molecule has 3 aliphatic rings. The van der Waals surface area contributed by atoms with Crippen LogP contribution in [0.3, 0.4) is 0 Å². The van der Waals surface area contributed by atoms with Gasteiger partial charge in [0.15, 0.2) is 12.1 Å². The molecule has 0 spiro atoms. The van der Waals surface area contributed by atoms with Crippen molar-refractivity contribution in [3.8, 4) is 0 Å². The predicted octanol–water partition coefficient (Wildman–Crippen LogP) is 2.22. The molecule has 2 unspecified atom stereocenters. The van der Waals surface area contributed by atoms with Crippen molar-refractivity contribution in [2.45, 2.75) is 25.2 Å². The van der Waals surface area contributed by atoms with Crippen LogP contribution in [0.1, 0.15) is 57.0 Å². The lowest BCUT2D eigenvalue weighted by Crippen LogP contribution is -2.26. The van der Waals surface area contributed by atoms with Gasteiger partial charge in [-0.05, 0) is 23.3 Å². The summed E-state index contributed by atoms with van der Waals surface area (Å²) < 4.78 is 4.63. The van der Waals surface area contributed by atoms with Gasteiger partial charge in [0, 0.05) is 29.4 Å². The lowest BCUT2D eigenvalue weighted by atomic mass is 9.63. The summed E-state index contributed by atoms with van der Waals surface area (Å²) in [7, 11) is 0. The number of Topliss-reactive ketones (excluding diaryl/α,β-unsaturated/α-hetero) is 1. The molecule has 23 heavy (non-hydrogen) atoms. The van der Waals surface area contributed by atoms with Gasteiger partial charge in [0.05, 0.1) is 11.1 Å². The van der Waals surface area contributed by atoms with Crippen LogP contribution >= 0.6 is 0 Å². The summed E-state index contributed by atoms with van der Waals surface area (Å²) in [6.07, 6.45) is 4.46. The van der Waals surface area contributed by atoms with Crippen molar-refractivity contribution in [3.63, 3.8) is 0 Å². The van der Waals surface area contributed by atoms with Crippen LogP contribution in [0, 0.1) is 0 Å². The van der Waals surface area contributed by atoms with Gasteiger partial charge >= 0.3 is 11.9 Å². The minimum atomic E-state index is -0.624. The van der Waals surface area contributed by atoms with E-state index >= 15 is 0 Å². The van der Waals surface area contributed by atoms with Crippen LogP contribution in [0.4, 0.5) is 0 Å². The zero-order valence-corrected chi connectivity index (χ0v) is 12.3. The number of carbonyl (C=O) groups is 4. The number of rotatable bonds is 3. The van der Waals surface area contributed by atoms with Crippen molar-refractivity contribution in [2.75, 3.05) is 0 Å². The third kappa shape index (κ3) is 1.73. The number of esters is 2. The number of carbonyl (C=O) groups excluding carboxylic acids is 4. The molecule has 4 rings (SSSR count). The molecule has 0 aromatic heterocycles. The lowest BCUT2D eigenvalue weighted by Gasteiger charge is -2.39. The van der Waals surface area contributed by atoms with Crippen LogP contribution < -0.4 is 0 Å². The first-order valence-electron chi connectivity index (χ1n) is 7.42. The molecule has 5 nitrogen and oxygen atoms in total. The van der Waals surface area contributed by atoms with E-state index < -0.39 is 11.9 Å². The van der Waals surface area contributed by atoms with Crippen molar-refractivity contribution in [3.05, 3.63) is 57.7 Å². The second-order valence-electron chi connectivity index (χ2n) is 5.85. The van der Waals surface area contributed by atoms with Crippen LogP contribution in [-0.2, 0) is 14.3 Å². The highest BCUT2D eigenvalue weighted by Gasteiger charge is 2.45. The number of hydrogen-bond donors (Lipinski definition) is 0. The minimum absolute atomic E-state index is 0.0633. The van der Waals surface area contributed by atoms with Crippen molar-refractivity contribution < 1.29 is 23.9 Å². The van der Waals surface area contributed by atoms with Crippen LogP contribution in [0.2, 0.25) is 0 Å². The zero-order valence-electron chi connectivity index (χ0n) is 12.3. The molecule has 1 fully saturated rings. The van der Waals surface area contributed by atoms with E-state index in [9.17, 15) is 19.2 Å². The molecule has 114 valence electrons. The van der Waals surface area contributed by atoms with Crippen molar-refractivity contribution in [2.24, 2.45) is 0 Å². The molecule has 5 heteroatoms. The molecule has 1 aromatic carbocycles. The zero-order chi connectivity index (χ0) is 16.3. The minimum Gasteiger partial charge on any atom is -0.386 e. The van der Waals surface area contributed by atoms with Crippen LogP contribution in [-0.4, -0.2) is 24.0 Å². The van der Waals surface area contributed by atoms with E-state index in [0.717, 1.165) is 11.1 Å². The molecule has 0 saturated carbocycles. The Kier molecular flexibility index (Phi) is 2.75. The fourth-order valence-electron chi connectivity index (χ4n) is 3.52. The normalized spacial score (nSPS) is 23.7. The molecule has 1 aromatic rings. The second kappa shape index (κ2) is 4.59. The van der Waals surface area contributed by atoms with Gasteiger partial charge in [-0.15, -0.1) is 0 Å². The van der Waals surface area contributed by atoms with Gasteiger partial charge in [0.25, 0.3) is 0 Å². The maximum Gasteiger partial charge on any atom is 0.346 e. The number of aldehydes is 1. The van der Waals surface area contributed by atoms with Crippen LogP contribution in [0.15, 0.2) is 35.4 Å². The SMILES string of the molecule is CCC(=O)c1cc2c(cc1C=O)C1C=C3C(=O)OC(=O)C3=CC21. The number of cyclic esters (lactones) is 2. The van der Waals surface area contributed by atoms with Crippen molar-refractivity contribution in [1.29, 1.82) is 0 Å². The number of ketones is 1. The average molecular weight is 308 g/mol. The van der Waals surface area contributed by atoms with E-state index in [2.05, 4.69) is 4.74 Å². The number of hydrogen-bond acceptors (Lipinski definition) is 5. The van der Waals surface area contributed by atoms with Gasteiger partial charge < -0.3 is 4.74 Å². The summed E-state index contributed by atoms with van der Waals surface area (Å²) in [5.74, 6) is -1.46. The van der Waals surface area contributed by atoms with Crippen LogP contribution in [0.5, 0.6) is 0 Å². The Morgan fingerprint density at radius 3 is 2.17 bits per heavy atom. The standard InChI is InChI=1S/C18H12O5/c1-2-16(20)9-4-11-10(3-8(9)7-19)12-5-14-15(6-13(11)12)18(22)23-17(14)21/h3-7,12-13H,2H2,1H3. The molecule has 0 N–H and O–H groups in total. The first kappa shape index (κ1) is 13.8. The molecule has 0 radical (unpaired) electrons. The van der Waals surface area contributed by atoms with Gasteiger partial charge in [0.1, 0.15) is 0 Å². The van der Waals surface area contributed by atoms with Gasteiger partial charge in [-0.2, -0.15) is 0 Å². The Morgan fingerprint density at radius 1 is 1.09 bits per heavy atom. The smallest absolute Gasteiger partial charge is 0.346 e. The number of benzene rings is 1. The van der Waals surface area contributed by atoms with Gasteiger partial charge in [0.2, 0.25) is 0 Å². The van der Waals surface area contributed by atoms with E-state index in [4.69, 9.17) is 0 Å². The quantitative estimate of drug-likeness (QED) is 0.370. The molecule has 0 bridgehead atoms. The maximum absolute atomic E-state index is 12.0. The third-order valence-electron chi connectivity index (χ3n) is 4.72. The Morgan fingerprint density at radius 2 is 1.65 bits per heavy atom. The average Bonchev–Trinajstić information content (AvgIpc) is 2.84. The topological polar surface area (TPSA) is 77.5 Å². The first-order valence-corrected chi connectivity index (χ1v) is 7.42. The number of fused-ring (bicyclic) bond motifs is 5. The van der Waals surface area contributed by atoms with E-state index in [-0.39, 0.29) is 17.6 Å². The van der Waals surface area contributed by atoms with E-state index in [1.807, 2.05) is 0 Å². The lowest BCUT2D eigenvalue weighted by molar-refractivity contribution is -0.149. The number of ether oxygens (including phenoxy) is 1. The molecule has 2 atom stereocenters. The molecule has 1 aliphatic heterocycles. The summed E-state index contributed by atoms with van der Waals surface area (Å²) in [4.78, 5) is 46.6. The van der Waals surface area contributed by atoms with Gasteiger partial charge in [-0.1, -0.05) is 19.1 Å². The van der Waals surface area contributed by atoms with E-state index in [1.165, 1.54) is 0 Å². The summed E-state index contributed by atoms with van der Waals surface area (Å²) >= 11 is 0. The Bertz CT molecular complexity index is 872. The Balaban J connectivity index is 1.85. The molecule has 2 aliphatic carbocycles. The van der Waals surface area contributed by atoms with E-state index in [1.54, 1.807) is 31.2 Å². The molecular formula is C18H12O5. The van der Waals surface area contributed by atoms with Gasteiger partial charge in [-0.3, -0.25) is 9.59 Å². The predicted molar refractivity (Wildman–Crippen MR) is 79.2 cm³/mol. The maximum atomic E-state index is 12.0. The highest BCUT2D eigenvalue weighted by Crippen LogP contribution is 2.53. The van der Waals surface area contributed by atoms with Crippen LogP contribution in [0.25, 0.3) is 0 Å². The Labute approximate surface area is 131 Å². The summed E-state index contributed by atoms with van der Waals surface area (Å²) in [5, 5.41) is 0. The largest absolute Gasteiger partial charge is 0.386 e. The molecule has 1 saturated heterocycles. The fourth-order valence-corrected chi connectivity index (χ4v) is 3.52. The highest BCUT2D eigenvalue weighted by molar-refractivity contribution is 6.18. The first-order chi connectivity index (χ1) is 11.0. The summed E-state index contributed by atoms with van der Waals surface area (Å²) in [5.41, 5.74) is 3.21. The third-order valence-corrected chi connectivity index (χ3v) is 4.72. The van der Waals surface area contributed by atoms with Crippen molar-refractivity contribution >= 4 is 24.0 Å².